The molecule has 2 aliphatic rings. The Hall–Kier alpha value is -4.54. The van der Waals surface area contributed by atoms with Crippen LogP contribution in [0, 0.1) is 13.8 Å². The molecule has 2 amide bonds. The van der Waals surface area contributed by atoms with Crippen molar-refractivity contribution in [2.24, 2.45) is 0 Å². The van der Waals surface area contributed by atoms with Crippen LogP contribution in [-0.4, -0.2) is 47.0 Å². The van der Waals surface area contributed by atoms with Crippen molar-refractivity contribution in [3.8, 4) is 5.69 Å². The molecule has 2 fully saturated rings. The first-order chi connectivity index (χ1) is 16.9. The highest BCUT2D eigenvalue weighted by Crippen LogP contribution is 2.27. The van der Waals surface area contributed by atoms with Crippen molar-refractivity contribution in [1.82, 2.24) is 34.4 Å². The molecular formula is C24H23N9O2. The van der Waals surface area contributed by atoms with Crippen LogP contribution in [0.25, 0.3) is 17.4 Å². The third kappa shape index (κ3) is 4.23. The van der Waals surface area contributed by atoms with Crippen LogP contribution in [0.15, 0.2) is 42.5 Å². The number of aryl methyl sites for hydroxylation is 2. The predicted octanol–water partition coefficient (Wildman–Crippen LogP) is 2.67. The van der Waals surface area contributed by atoms with Crippen LogP contribution in [-0.2, 0) is 9.59 Å². The van der Waals surface area contributed by atoms with Crippen molar-refractivity contribution in [3.63, 3.8) is 0 Å². The van der Waals surface area contributed by atoms with E-state index in [1.807, 2.05) is 36.7 Å². The lowest BCUT2D eigenvalue weighted by molar-refractivity contribution is -0.124. The summed E-state index contributed by atoms with van der Waals surface area (Å²) in [5.74, 6) is 0.259. The Balaban J connectivity index is 1.40. The van der Waals surface area contributed by atoms with Crippen LogP contribution in [0.3, 0.4) is 0 Å². The fourth-order valence-corrected chi connectivity index (χ4v) is 4.04. The van der Waals surface area contributed by atoms with E-state index in [2.05, 4.69) is 37.1 Å². The molecule has 1 aromatic carbocycles. The highest BCUT2D eigenvalue weighted by atomic mass is 16.2. The molecular weight excluding hydrogens is 446 g/mol. The molecule has 0 unspecified atom stereocenters. The van der Waals surface area contributed by atoms with Gasteiger partial charge in [0.25, 0.3) is 5.91 Å². The maximum absolute atomic E-state index is 12.1. The highest BCUT2D eigenvalue weighted by molar-refractivity contribution is 6.15. The number of anilines is 3. The summed E-state index contributed by atoms with van der Waals surface area (Å²) in [6.07, 6.45) is 9.21. The molecule has 0 radical (unpaired) electrons. The van der Waals surface area contributed by atoms with Crippen molar-refractivity contribution >= 4 is 41.1 Å². The zero-order valence-corrected chi connectivity index (χ0v) is 19.2. The van der Waals surface area contributed by atoms with E-state index < -0.39 is 0 Å². The number of nitrogens with one attached hydrogen (secondary N) is 3. The molecule has 1 aliphatic heterocycles. The first-order valence-electron chi connectivity index (χ1n) is 11.4. The van der Waals surface area contributed by atoms with E-state index >= 15 is 0 Å². The van der Waals surface area contributed by atoms with Crippen LogP contribution >= 0.6 is 0 Å². The van der Waals surface area contributed by atoms with E-state index in [-0.39, 0.29) is 18.2 Å². The predicted molar refractivity (Wildman–Crippen MR) is 129 cm³/mol. The molecule has 4 aromatic rings. The normalized spacial score (nSPS) is 16.8. The van der Waals surface area contributed by atoms with Gasteiger partial charge in [0, 0.05) is 34.8 Å². The third-order valence-electron chi connectivity index (χ3n) is 5.86. The Kier molecular flexibility index (Phi) is 4.83. The van der Waals surface area contributed by atoms with Crippen LogP contribution < -0.4 is 16.0 Å². The third-order valence-corrected chi connectivity index (χ3v) is 5.86. The van der Waals surface area contributed by atoms with Crippen molar-refractivity contribution in [2.75, 3.05) is 10.6 Å². The lowest BCUT2D eigenvalue weighted by Crippen LogP contribution is -2.19. The molecule has 0 bridgehead atoms. The van der Waals surface area contributed by atoms with Crippen LogP contribution in [0.2, 0.25) is 0 Å². The Morgan fingerprint density at radius 3 is 2.71 bits per heavy atom. The van der Waals surface area contributed by atoms with Gasteiger partial charge >= 0.3 is 0 Å². The van der Waals surface area contributed by atoms with Gasteiger partial charge in [0.2, 0.25) is 17.8 Å². The number of amides is 2. The fraction of sp³-hybridized carbons (Fsp3) is 0.250. The number of imidazole rings is 1. The van der Waals surface area contributed by atoms with Crippen LogP contribution in [0.1, 0.15) is 36.1 Å². The number of hydrogen-bond donors (Lipinski definition) is 3. The summed E-state index contributed by atoms with van der Waals surface area (Å²) in [6, 6.07) is 6.44. The van der Waals surface area contributed by atoms with E-state index in [0.29, 0.717) is 34.7 Å². The van der Waals surface area contributed by atoms with E-state index in [0.717, 1.165) is 35.5 Å². The number of fused-ring (bicyclic) bond motifs is 1. The monoisotopic (exact) mass is 469 g/mol. The quantitative estimate of drug-likeness (QED) is 0.290. The molecule has 0 atom stereocenters. The van der Waals surface area contributed by atoms with Gasteiger partial charge in [-0.25, -0.2) is 4.98 Å². The van der Waals surface area contributed by atoms with E-state index in [9.17, 15) is 9.59 Å². The smallest absolute Gasteiger partial charge is 0.254 e. The average Bonchev–Trinajstić information content (AvgIpc) is 3.20. The van der Waals surface area contributed by atoms with Gasteiger partial charge in [-0.2, -0.15) is 19.6 Å². The van der Waals surface area contributed by atoms with Gasteiger partial charge in [0.05, 0.1) is 24.6 Å². The van der Waals surface area contributed by atoms with E-state index in [1.54, 1.807) is 23.1 Å². The molecule has 3 N–H and O–H groups in total. The molecule has 6 rings (SSSR count). The zero-order chi connectivity index (χ0) is 24.1. The van der Waals surface area contributed by atoms with E-state index in [1.165, 1.54) is 0 Å². The Labute approximate surface area is 200 Å². The minimum absolute atomic E-state index is 0.0410. The van der Waals surface area contributed by atoms with E-state index in [4.69, 9.17) is 4.98 Å². The van der Waals surface area contributed by atoms with Gasteiger partial charge in [0.1, 0.15) is 0 Å². The Bertz CT molecular complexity index is 1530. The fourth-order valence-electron chi connectivity index (χ4n) is 4.04. The summed E-state index contributed by atoms with van der Waals surface area (Å²) in [5.41, 5.74) is 5.35. The first kappa shape index (κ1) is 21.0. The standard InChI is InChI=1S/C24H23N9O2/c1-13-5-18(9-19(6-13)32-11-14(2)25-12-32)27-23-30-21-16(7-15-8-20(34)29-22(15)35)10-26-33(21)24(31-23)28-17-3-4-17/h5-7,9-12,17H,3-4,8H2,1-2H3,(H,29,34,35)(H2,27,28,30,31)/b15-7+. The molecule has 4 heterocycles. The molecule has 11 heteroatoms. The molecule has 3 aromatic heterocycles. The molecule has 176 valence electrons. The maximum Gasteiger partial charge on any atom is 0.254 e. The zero-order valence-electron chi connectivity index (χ0n) is 19.2. The highest BCUT2D eigenvalue weighted by Gasteiger charge is 2.26. The number of nitrogens with zero attached hydrogens (tertiary/aromatic N) is 6. The minimum Gasteiger partial charge on any atom is -0.351 e. The SMILES string of the molecule is Cc1cc(Nc2nc(NC3CC3)n3ncc(/C=C4\CC(=O)NC4=O)c3n2)cc(-n2cnc(C)c2)c1. The summed E-state index contributed by atoms with van der Waals surface area (Å²) in [5, 5.41) is 13.5. The lowest BCUT2D eigenvalue weighted by Gasteiger charge is -2.12. The van der Waals surface area contributed by atoms with Crippen molar-refractivity contribution < 1.29 is 9.59 Å². The number of carbonyl (C=O) groups excluding carboxylic acids is 2. The maximum atomic E-state index is 12.1. The van der Waals surface area contributed by atoms with Gasteiger partial charge in [-0.3, -0.25) is 14.9 Å². The number of aromatic nitrogens is 6. The van der Waals surface area contributed by atoms with Gasteiger partial charge in [-0.05, 0) is 56.5 Å². The molecule has 0 spiro atoms. The van der Waals surface area contributed by atoms with Crippen LogP contribution in [0.5, 0.6) is 0 Å². The van der Waals surface area contributed by atoms with Gasteiger partial charge in [-0.15, -0.1) is 0 Å². The van der Waals surface area contributed by atoms with Crippen molar-refractivity contribution in [3.05, 3.63) is 59.3 Å². The number of carbonyl (C=O) groups is 2. The largest absolute Gasteiger partial charge is 0.351 e. The number of imide groups is 1. The number of hydrogen-bond acceptors (Lipinski definition) is 8. The average molecular weight is 470 g/mol. The minimum atomic E-state index is -0.389. The Morgan fingerprint density at radius 2 is 2.00 bits per heavy atom. The summed E-state index contributed by atoms with van der Waals surface area (Å²) in [7, 11) is 0. The second-order valence-electron chi connectivity index (χ2n) is 8.95. The topological polar surface area (TPSA) is 131 Å². The van der Waals surface area contributed by atoms with Crippen LogP contribution in [0.4, 0.5) is 17.6 Å². The van der Waals surface area contributed by atoms with Crippen molar-refractivity contribution in [2.45, 2.75) is 39.2 Å². The van der Waals surface area contributed by atoms with Crippen molar-refractivity contribution in [1.29, 1.82) is 0 Å². The summed E-state index contributed by atoms with van der Waals surface area (Å²) >= 11 is 0. The second kappa shape index (κ2) is 8.05. The lowest BCUT2D eigenvalue weighted by atomic mass is 10.1. The Morgan fingerprint density at radius 1 is 1.14 bits per heavy atom. The molecule has 1 saturated carbocycles. The first-order valence-corrected chi connectivity index (χ1v) is 11.4. The summed E-state index contributed by atoms with van der Waals surface area (Å²) < 4.78 is 3.59. The molecule has 11 nitrogen and oxygen atoms in total. The summed E-state index contributed by atoms with van der Waals surface area (Å²) in [4.78, 5) is 37.4. The van der Waals surface area contributed by atoms with Gasteiger partial charge < -0.3 is 15.2 Å². The molecule has 35 heavy (non-hydrogen) atoms. The molecule has 1 aliphatic carbocycles. The van der Waals surface area contributed by atoms with Gasteiger partial charge in [0.15, 0.2) is 5.65 Å². The second-order valence-corrected chi connectivity index (χ2v) is 8.95. The molecule has 1 saturated heterocycles. The summed E-state index contributed by atoms with van der Waals surface area (Å²) in [6.45, 7) is 3.98. The van der Waals surface area contributed by atoms with Gasteiger partial charge in [-0.1, -0.05) is 0 Å². The number of rotatable bonds is 6. The number of benzene rings is 1.